The van der Waals surface area contributed by atoms with Crippen molar-refractivity contribution in [3.8, 4) is 11.5 Å². The number of amides is 1. The van der Waals surface area contributed by atoms with Gasteiger partial charge in [0.05, 0.1) is 25.5 Å². The molecule has 0 spiro atoms. The SMILES string of the molecule is COc1ccc(OC)c(NC(=O)C2=C(C)Nc3nnnn3[C@H]2c2cccs2)c1. The van der Waals surface area contributed by atoms with Crippen LogP contribution >= 0.6 is 11.3 Å². The molecular formula is C18H18N6O3S. The summed E-state index contributed by atoms with van der Waals surface area (Å²) in [5.74, 6) is 1.36. The number of methoxy groups -OCH3 is 2. The number of anilines is 2. The number of carbonyl (C=O) groups excluding carboxylic acids is 1. The van der Waals surface area contributed by atoms with E-state index < -0.39 is 6.04 Å². The van der Waals surface area contributed by atoms with Crippen molar-refractivity contribution in [2.45, 2.75) is 13.0 Å². The van der Waals surface area contributed by atoms with E-state index in [2.05, 4.69) is 26.2 Å². The van der Waals surface area contributed by atoms with Crippen LogP contribution in [0.1, 0.15) is 17.8 Å². The molecule has 1 aromatic carbocycles. The lowest BCUT2D eigenvalue weighted by molar-refractivity contribution is -0.113. The molecular weight excluding hydrogens is 380 g/mol. The molecule has 0 bridgehead atoms. The quantitative estimate of drug-likeness (QED) is 0.681. The van der Waals surface area contributed by atoms with Gasteiger partial charge in [0.2, 0.25) is 5.95 Å². The van der Waals surface area contributed by atoms with E-state index in [4.69, 9.17) is 9.47 Å². The molecule has 9 nitrogen and oxygen atoms in total. The van der Waals surface area contributed by atoms with E-state index in [0.29, 0.717) is 34.4 Å². The molecule has 4 rings (SSSR count). The normalized spacial score (nSPS) is 15.6. The van der Waals surface area contributed by atoms with Gasteiger partial charge in [-0.15, -0.1) is 11.3 Å². The summed E-state index contributed by atoms with van der Waals surface area (Å²) in [5.41, 5.74) is 1.71. The Bertz CT molecular complexity index is 1040. The molecule has 0 aliphatic carbocycles. The number of carbonyl (C=O) groups is 1. The largest absolute Gasteiger partial charge is 0.497 e. The maximum absolute atomic E-state index is 13.3. The van der Waals surface area contributed by atoms with E-state index in [0.717, 1.165) is 4.88 Å². The van der Waals surface area contributed by atoms with E-state index >= 15 is 0 Å². The van der Waals surface area contributed by atoms with Crippen molar-refractivity contribution >= 4 is 28.9 Å². The minimum absolute atomic E-state index is 0.281. The van der Waals surface area contributed by atoms with Crippen LogP contribution in [0.2, 0.25) is 0 Å². The number of nitrogens with one attached hydrogen (secondary N) is 2. The summed E-state index contributed by atoms with van der Waals surface area (Å²) in [7, 11) is 3.11. The van der Waals surface area contributed by atoms with Crippen LogP contribution in [-0.2, 0) is 4.79 Å². The molecule has 0 fully saturated rings. The van der Waals surface area contributed by atoms with E-state index in [9.17, 15) is 4.79 Å². The maximum atomic E-state index is 13.3. The molecule has 2 aromatic heterocycles. The summed E-state index contributed by atoms with van der Waals surface area (Å²) in [4.78, 5) is 14.3. The number of hydrogen-bond donors (Lipinski definition) is 2. The van der Waals surface area contributed by atoms with Crippen LogP contribution in [0, 0.1) is 0 Å². The second-order valence-electron chi connectivity index (χ2n) is 6.05. The molecule has 0 radical (unpaired) electrons. The maximum Gasteiger partial charge on any atom is 0.256 e. The number of allylic oxidation sites excluding steroid dienone is 1. The predicted molar refractivity (Wildman–Crippen MR) is 105 cm³/mol. The van der Waals surface area contributed by atoms with Gasteiger partial charge in [0.15, 0.2) is 0 Å². The molecule has 3 aromatic rings. The first kappa shape index (κ1) is 18.0. The molecule has 28 heavy (non-hydrogen) atoms. The van der Waals surface area contributed by atoms with Crippen molar-refractivity contribution in [3.05, 3.63) is 51.9 Å². The van der Waals surface area contributed by atoms with Gasteiger partial charge in [-0.25, -0.2) is 0 Å². The Kier molecular flexibility index (Phi) is 4.70. The lowest BCUT2D eigenvalue weighted by Gasteiger charge is -2.27. The fraction of sp³-hybridized carbons (Fsp3) is 0.222. The van der Waals surface area contributed by atoms with Gasteiger partial charge < -0.3 is 20.1 Å². The van der Waals surface area contributed by atoms with Crippen LogP contribution in [0.3, 0.4) is 0 Å². The minimum Gasteiger partial charge on any atom is -0.497 e. The summed E-state index contributed by atoms with van der Waals surface area (Å²) in [6.45, 7) is 1.83. The third-order valence-electron chi connectivity index (χ3n) is 4.43. The smallest absolute Gasteiger partial charge is 0.256 e. The first-order valence-corrected chi connectivity index (χ1v) is 9.32. The predicted octanol–water partition coefficient (Wildman–Crippen LogP) is 2.68. The minimum atomic E-state index is -0.428. The number of fused-ring (bicyclic) bond motifs is 1. The highest BCUT2D eigenvalue weighted by atomic mass is 32.1. The van der Waals surface area contributed by atoms with Crippen LogP contribution in [0.5, 0.6) is 11.5 Å². The number of thiophene rings is 1. The topological polar surface area (TPSA) is 103 Å². The molecule has 0 saturated heterocycles. The second-order valence-corrected chi connectivity index (χ2v) is 7.03. The van der Waals surface area contributed by atoms with Crippen molar-refractivity contribution in [2.75, 3.05) is 24.9 Å². The Morgan fingerprint density at radius 1 is 1.29 bits per heavy atom. The standard InChI is InChI=1S/C18H18N6O3S/c1-10-15(17(25)20-12-9-11(26-2)6-7-13(12)27-3)16(14-5-4-8-28-14)24-18(19-10)21-22-23-24/h4-9,16H,1-3H3,(H,20,25)(H,19,21,23)/t16-/m0/s1. The Balaban J connectivity index is 1.74. The van der Waals surface area contributed by atoms with Crippen LogP contribution < -0.4 is 20.1 Å². The molecule has 2 N–H and O–H groups in total. The van der Waals surface area contributed by atoms with Gasteiger partial charge in [-0.1, -0.05) is 11.2 Å². The molecule has 10 heteroatoms. The zero-order chi connectivity index (χ0) is 19.7. The Hall–Kier alpha value is -3.40. The van der Waals surface area contributed by atoms with Crippen molar-refractivity contribution in [1.82, 2.24) is 20.2 Å². The van der Waals surface area contributed by atoms with Gasteiger partial charge in [0, 0.05) is 16.6 Å². The number of tetrazole rings is 1. The van der Waals surface area contributed by atoms with Crippen LogP contribution in [0.25, 0.3) is 0 Å². The third kappa shape index (κ3) is 3.07. The summed E-state index contributed by atoms with van der Waals surface area (Å²) < 4.78 is 12.2. The van der Waals surface area contributed by atoms with Gasteiger partial charge in [-0.05, 0) is 40.9 Å². The fourth-order valence-electron chi connectivity index (χ4n) is 3.12. The molecule has 1 aliphatic rings. The van der Waals surface area contributed by atoms with Crippen molar-refractivity contribution in [3.63, 3.8) is 0 Å². The highest BCUT2D eigenvalue weighted by Crippen LogP contribution is 2.37. The third-order valence-corrected chi connectivity index (χ3v) is 5.35. The number of benzene rings is 1. The van der Waals surface area contributed by atoms with Crippen LogP contribution in [0.15, 0.2) is 47.0 Å². The molecule has 1 aliphatic heterocycles. The second kappa shape index (κ2) is 7.31. The molecule has 1 amide bonds. The van der Waals surface area contributed by atoms with Gasteiger partial charge in [0.25, 0.3) is 5.91 Å². The van der Waals surface area contributed by atoms with Crippen molar-refractivity contribution in [1.29, 1.82) is 0 Å². The number of rotatable bonds is 5. The zero-order valence-corrected chi connectivity index (χ0v) is 16.3. The summed E-state index contributed by atoms with van der Waals surface area (Å²) in [6, 6.07) is 8.68. The number of hydrogen-bond acceptors (Lipinski definition) is 8. The van der Waals surface area contributed by atoms with E-state index in [1.165, 1.54) is 11.3 Å². The average Bonchev–Trinajstić information content (AvgIpc) is 3.38. The fourth-order valence-corrected chi connectivity index (χ4v) is 3.94. The van der Waals surface area contributed by atoms with E-state index in [1.807, 2.05) is 24.4 Å². The molecule has 0 saturated carbocycles. The summed E-state index contributed by atoms with van der Waals surface area (Å²) in [6.07, 6.45) is 0. The van der Waals surface area contributed by atoms with Gasteiger partial charge in [-0.3, -0.25) is 4.79 Å². The molecule has 1 atom stereocenters. The Labute approximate surface area is 165 Å². The van der Waals surface area contributed by atoms with E-state index in [1.54, 1.807) is 37.1 Å². The van der Waals surface area contributed by atoms with Crippen LogP contribution in [0.4, 0.5) is 11.6 Å². The first-order chi connectivity index (χ1) is 13.6. The lowest BCUT2D eigenvalue weighted by atomic mass is 10.0. The van der Waals surface area contributed by atoms with E-state index in [-0.39, 0.29) is 5.91 Å². The monoisotopic (exact) mass is 398 g/mol. The zero-order valence-electron chi connectivity index (χ0n) is 15.5. The number of ether oxygens (including phenoxy) is 2. The molecule has 144 valence electrons. The molecule has 3 heterocycles. The van der Waals surface area contributed by atoms with Crippen molar-refractivity contribution in [2.24, 2.45) is 0 Å². The highest BCUT2D eigenvalue weighted by Gasteiger charge is 2.34. The highest BCUT2D eigenvalue weighted by molar-refractivity contribution is 7.10. The summed E-state index contributed by atoms with van der Waals surface area (Å²) in [5, 5.41) is 19.8. The summed E-state index contributed by atoms with van der Waals surface area (Å²) >= 11 is 1.54. The Morgan fingerprint density at radius 2 is 2.14 bits per heavy atom. The number of nitrogens with zero attached hydrogens (tertiary/aromatic N) is 4. The average molecular weight is 398 g/mol. The van der Waals surface area contributed by atoms with Gasteiger partial charge in [0.1, 0.15) is 17.5 Å². The lowest BCUT2D eigenvalue weighted by Crippen LogP contribution is -2.31. The number of aromatic nitrogens is 4. The molecule has 0 unspecified atom stereocenters. The van der Waals surface area contributed by atoms with Crippen LogP contribution in [-0.4, -0.2) is 40.3 Å². The van der Waals surface area contributed by atoms with Crippen molar-refractivity contribution < 1.29 is 14.3 Å². The first-order valence-electron chi connectivity index (χ1n) is 8.44. The Morgan fingerprint density at radius 3 is 2.86 bits per heavy atom. The van der Waals surface area contributed by atoms with Gasteiger partial charge >= 0.3 is 0 Å². The van der Waals surface area contributed by atoms with Gasteiger partial charge in [-0.2, -0.15) is 4.68 Å².